The number of rotatable bonds is 35. The fourth-order valence-corrected chi connectivity index (χ4v) is 5.65. The number of ether oxygens (including phenoxy) is 1. The summed E-state index contributed by atoms with van der Waals surface area (Å²) in [7, 11) is 0. The van der Waals surface area contributed by atoms with Crippen molar-refractivity contribution in [3.8, 4) is 0 Å². The van der Waals surface area contributed by atoms with Crippen molar-refractivity contribution in [3.05, 3.63) is 24.3 Å². The van der Waals surface area contributed by atoms with Gasteiger partial charge < -0.3 is 4.74 Å². The van der Waals surface area contributed by atoms with Crippen LogP contribution in [0.5, 0.6) is 0 Å². The highest BCUT2D eigenvalue weighted by Crippen LogP contribution is 2.13. The van der Waals surface area contributed by atoms with Gasteiger partial charge in [-0.15, -0.1) is 0 Å². The normalized spacial score (nSPS) is 11.8. The molecular weight excluding hydrogens is 512 g/mol. The molecule has 0 bridgehead atoms. The summed E-state index contributed by atoms with van der Waals surface area (Å²) in [5.41, 5.74) is 0. The van der Waals surface area contributed by atoms with Crippen molar-refractivity contribution in [3.63, 3.8) is 0 Å². The second-order valence-corrected chi connectivity index (χ2v) is 12.9. The minimum absolute atomic E-state index is 0.0174. The Morgan fingerprint density at radius 2 is 0.667 bits per heavy atom. The largest absolute Gasteiger partial charge is 0.466 e. The summed E-state index contributed by atoms with van der Waals surface area (Å²) in [6, 6.07) is 0. The smallest absolute Gasteiger partial charge is 0.305 e. The van der Waals surface area contributed by atoms with E-state index < -0.39 is 0 Å². The van der Waals surface area contributed by atoms with Crippen LogP contribution in [-0.2, 0) is 9.53 Å². The van der Waals surface area contributed by atoms with Crippen LogP contribution in [0, 0.1) is 0 Å². The van der Waals surface area contributed by atoms with E-state index in [1.54, 1.807) is 0 Å². The fraction of sp³-hybridized carbons (Fsp3) is 0.875. The van der Waals surface area contributed by atoms with Crippen molar-refractivity contribution in [1.29, 1.82) is 0 Å². The summed E-state index contributed by atoms with van der Waals surface area (Å²) < 4.78 is 5.45. The number of hydrogen-bond acceptors (Lipinski definition) is 2. The molecule has 0 atom stereocenters. The molecule has 0 aliphatic heterocycles. The third kappa shape index (κ3) is 37.0. The van der Waals surface area contributed by atoms with E-state index in [0.29, 0.717) is 13.0 Å². The second-order valence-electron chi connectivity index (χ2n) is 12.9. The Morgan fingerprint density at radius 3 is 1.02 bits per heavy atom. The summed E-state index contributed by atoms with van der Waals surface area (Å²) >= 11 is 0. The number of hydrogen-bond donors (Lipinski definition) is 0. The van der Waals surface area contributed by atoms with Crippen LogP contribution in [-0.4, -0.2) is 12.6 Å². The first kappa shape index (κ1) is 41.0. The SMILES string of the molecule is CCCCCCCCC=CCCCCCCCCCCOC(=O)CCCCCCCCCC=CCCCCCCCC. The Labute approximate surface area is 265 Å². The molecule has 0 aliphatic carbocycles. The van der Waals surface area contributed by atoms with Gasteiger partial charge >= 0.3 is 5.97 Å². The lowest BCUT2D eigenvalue weighted by atomic mass is 10.1. The Kier molecular flexibility index (Phi) is 37.0. The van der Waals surface area contributed by atoms with Crippen LogP contribution in [0.3, 0.4) is 0 Å². The Bertz CT molecular complexity index is 564. The molecule has 0 aromatic carbocycles. The van der Waals surface area contributed by atoms with E-state index in [1.165, 1.54) is 186 Å². The molecule has 42 heavy (non-hydrogen) atoms. The fourth-order valence-electron chi connectivity index (χ4n) is 5.65. The van der Waals surface area contributed by atoms with Gasteiger partial charge in [0.15, 0.2) is 0 Å². The molecule has 0 rings (SSSR count). The van der Waals surface area contributed by atoms with Gasteiger partial charge in [0.05, 0.1) is 6.61 Å². The number of unbranched alkanes of at least 4 members (excludes halogenated alkanes) is 27. The van der Waals surface area contributed by atoms with Crippen LogP contribution in [0.15, 0.2) is 24.3 Å². The predicted molar refractivity (Wildman–Crippen MR) is 188 cm³/mol. The van der Waals surface area contributed by atoms with E-state index in [1.807, 2.05) is 0 Å². The van der Waals surface area contributed by atoms with Gasteiger partial charge in [-0.25, -0.2) is 0 Å². The van der Waals surface area contributed by atoms with Crippen molar-refractivity contribution >= 4 is 5.97 Å². The van der Waals surface area contributed by atoms with Gasteiger partial charge in [0, 0.05) is 6.42 Å². The molecule has 0 N–H and O–H groups in total. The molecule has 2 heteroatoms. The molecule has 2 nitrogen and oxygen atoms in total. The molecule has 0 radical (unpaired) electrons. The van der Waals surface area contributed by atoms with E-state index in [9.17, 15) is 4.79 Å². The summed E-state index contributed by atoms with van der Waals surface area (Å²) in [6.07, 6.45) is 51.1. The summed E-state index contributed by atoms with van der Waals surface area (Å²) in [5.74, 6) is 0.0174. The average molecular weight is 589 g/mol. The molecule has 0 aromatic rings. The first-order chi connectivity index (χ1) is 20.8. The topological polar surface area (TPSA) is 26.3 Å². The second kappa shape index (κ2) is 38.0. The highest BCUT2D eigenvalue weighted by molar-refractivity contribution is 5.69. The van der Waals surface area contributed by atoms with Gasteiger partial charge in [-0.05, 0) is 64.2 Å². The number of carbonyl (C=O) groups excluding carboxylic acids is 1. The van der Waals surface area contributed by atoms with Crippen LogP contribution >= 0.6 is 0 Å². The number of allylic oxidation sites excluding steroid dienone is 4. The standard InChI is InChI=1S/C40H76O2/c1-3-5-7-9-11-13-15-17-19-21-23-25-27-29-31-33-35-37-39-42-40(41)38-36-34-32-30-28-26-24-22-20-18-16-14-12-10-8-6-4-2/h17-20H,3-16,21-39H2,1-2H3. The van der Waals surface area contributed by atoms with Gasteiger partial charge in [-0.3, -0.25) is 4.79 Å². The molecule has 0 unspecified atom stereocenters. The van der Waals surface area contributed by atoms with Crippen LogP contribution < -0.4 is 0 Å². The lowest BCUT2D eigenvalue weighted by Gasteiger charge is -2.05. The maximum absolute atomic E-state index is 12.0. The van der Waals surface area contributed by atoms with Gasteiger partial charge in [0.2, 0.25) is 0 Å². The monoisotopic (exact) mass is 589 g/mol. The molecule has 0 fully saturated rings. The first-order valence-corrected chi connectivity index (χ1v) is 19.3. The van der Waals surface area contributed by atoms with E-state index in [0.717, 1.165) is 12.8 Å². The first-order valence-electron chi connectivity index (χ1n) is 19.3. The minimum atomic E-state index is 0.0174. The number of esters is 1. The van der Waals surface area contributed by atoms with E-state index >= 15 is 0 Å². The van der Waals surface area contributed by atoms with Crippen LogP contribution in [0.2, 0.25) is 0 Å². The molecule has 0 heterocycles. The van der Waals surface area contributed by atoms with Crippen LogP contribution in [0.25, 0.3) is 0 Å². The van der Waals surface area contributed by atoms with E-state index in [2.05, 4.69) is 38.2 Å². The third-order valence-electron chi connectivity index (χ3n) is 8.56. The molecule has 248 valence electrons. The minimum Gasteiger partial charge on any atom is -0.466 e. The average Bonchev–Trinajstić information content (AvgIpc) is 3.00. The van der Waals surface area contributed by atoms with Crippen LogP contribution in [0.1, 0.15) is 219 Å². The molecule has 0 aromatic heterocycles. The number of carbonyl (C=O) groups is 1. The summed E-state index contributed by atoms with van der Waals surface area (Å²) in [4.78, 5) is 12.0. The molecule has 0 saturated heterocycles. The van der Waals surface area contributed by atoms with Gasteiger partial charge in [-0.2, -0.15) is 0 Å². The van der Waals surface area contributed by atoms with Crippen LogP contribution in [0.4, 0.5) is 0 Å². The van der Waals surface area contributed by atoms with Gasteiger partial charge in [0.1, 0.15) is 0 Å². The quantitative estimate of drug-likeness (QED) is 0.0418. The highest BCUT2D eigenvalue weighted by atomic mass is 16.5. The summed E-state index contributed by atoms with van der Waals surface area (Å²) in [6.45, 7) is 5.19. The van der Waals surface area contributed by atoms with Gasteiger partial charge in [0.25, 0.3) is 0 Å². The summed E-state index contributed by atoms with van der Waals surface area (Å²) in [5, 5.41) is 0. The van der Waals surface area contributed by atoms with Gasteiger partial charge in [-0.1, -0.05) is 173 Å². The highest BCUT2D eigenvalue weighted by Gasteiger charge is 2.02. The molecular formula is C40H76O2. The van der Waals surface area contributed by atoms with Crippen molar-refractivity contribution < 1.29 is 9.53 Å². The zero-order valence-electron chi connectivity index (χ0n) is 29.0. The lowest BCUT2D eigenvalue weighted by Crippen LogP contribution is -2.05. The van der Waals surface area contributed by atoms with Crippen molar-refractivity contribution in [2.75, 3.05) is 6.61 Å². The Morgan fingerprint density at radius 1 is 0.381 bits per heavy atom. The zero-order valence-corrected chi connectivity index (χ0v) is 29.0. The zero-order chi connectivity index (χ0) is 30.4. The van der Waals surface area contributed by atoms with E-state index in [4.69, 9.17) is 4.74 Å². The Balaban J connectivity index is 3.21. The lowest BCUT2D eigenvalue weighted by molar-refractivity contribution is -0.143. The van der Waals surface area contributed by atoms with Crippen molar-refractivity contribution in [2.24, 2.45) is 0 Å². The van der Waals surface area contributed by atoms with E-state index in [-0.39, 0.29) is 5.97 Å². The molecule has 0 saturated carbocycles. The molecule has 0 amide bonds. The molecule has 0 aliphatic rings. The van der Waals surface area contributed by atoms with Crippen molar-refractivity contribution in [1.82, 2.24) is 0 Å². The maximum Gasteiger partial charge on any atom is 0.305 e. The Hall–Kier alpha value is -1.05. The third-order valence-corrected chi connectivity index (χ3v) is 8.56. The molecule has 0 spiro atoms. The maximum atomic E-state index is 12.0. The predicted octanol–water partition coefficient (Wildman–Crippen LogP) is 14.2. The van der Waals surface area contributed by atoms with Crippen molar-refractivity contribution in [2.45, 2.75) is 219 Å².